The fourth-order valence-electron chi connectivity index (χ4n) is 4.57. The smallest absolute Gasteiger partial charge is 0.305 e. The highest BCUT2D eigenvalue weighted by molar-refractivity contribution is 7.99. The number of aliphatic hydroxyl groups excluding tert-OH is 2. The summed E-state index contributed by atoms with van der Waals surface area (Å²) in [7, 11) is 1.65. The van der Waals surface area contributed by atoms with Gasteiger partial charge in [0.1, 0.15) is 5.78 Å². The Morgan fingerprint density at radius 1 is 1.16 bits per heavy atom. The van der Waals surface area contributed by atoms with E-state index < -0.39 is 12.2 Å². The first-order valence-corrected chi connectivity index (χ1v) is 15.0. The first kappa shape index (κ1) is 32.5. The molecule has 1 aromatic carbocycles. The molecule has 0 saturated heterocycles. The Morgan fingerprint density at radius 3 is 2.74 bits per heavy atom. The van der Waals surface area contributed by atoms with E-state index in [-0.39, 0.29) is 30.0 Å². The molecule has 214 valence electrons. The van der Waals surface area contributed by atoms with E-state index in [2.05, 4.69) is 6.92 Å². The molecule has 0 aromatic heterocycles. The summed E-state index contributed by atoms with van der Waals surface area (Å²) in [5, 5.41) is 21.0. The highest BCUT2D eigenvalue weighted by Crippen LogP contribution is 2.34. The summed E-state index contributed by atoms with van der Waals surface area (Å²) in [5.41, 5.74) is 2.06. The number of unbranched alkanes of at least 4 members (excludes halogenated alkanes) is 1. The lowest BCUT2D eigenvalue weighted by Gasteiger charge is -2.18. The van der Waals surface area contributed by atoms with Crippen molar-refractivity contribution in [1.82, 2.24) is 0 Å². The van der Waals surface area contributed by atoms with E-state index >= 15 is 0 Å². The molecule has 0 radical (unpaired) electrons. The average molecular weight is 551 g/mol. The number of rotatable bonds is 20. The van der Waals surface area contributed by atoms with Crippen molar-refractivity contribution in [2.45, 2.75) is 77.1 Å². The molecule has 4 atom stereocenters. The van der Waals surface area contributed by atoms with E-state index in [9.17, 15) is 19.8 Å². The molecule has 38 heavy (non-hydrogen) atoms. The van der Waals surface area contributed by atoms with Crippen LogP contribution >= 0.6 is 11.8 Å². The van der Waals surface area contributed by atoms with Gasteiger partial charge in [-0.05, 0) is 41.9 Å². The van der Waals surface area contributed by atoms with Gasteiger partial charge in [0.25, 0.3) is 0 Å². The second kappa shape index (κ2) is 19.4. The van der Waals surface area contributed by atoms with Gasteiger partial charge in [-0.15, -0.1) is 0 Å². The second-order valence-corrected chi connectivity index (χ2v) is 11.1. The van der Waals surface area contributed by atoms with Crippen molar-refractivity contribution in [3.8, 4) is 0 Å². The number of benzene rings is 1. The minimum atomic E-state index is -0.710. The molecule has 1 aliphatic carbocycles. The van der Waals surface area contributed by atoms with E-state index in [0.717, 1.165) is 54.9 Å². The number of aliphatic hydroxyl groups is 2. The van der Waals surface area contributed by atoms with Crippen LogP contribution in [0, 0.1) is 11.8 Å². The van der Waals surface area contributed by atoms with Crippen molar-refractivity contribution >= 4 is 23.5 Å². The molecule has 2 rings (SSSR count). The SMILES string of the molecule is CCCCOCCCOC(=O)CCCSCCC1C(=O)CC(O)C1C=CC(O)Cc1cccc(COC)c1. The van der Waals surface area contributed by atoms with Gasteiger partial charge in [0.05, 0.1) is 25.4 Å². The van der Waals surface area contributed by atoms with Crippen LogP contribution in [0.1, 0.15) is 63.0 Å². The molecule has 0 heterocycles. The van der Waals surface area contributed by atoms with Gasteiger partial charge in [-0.3, -0.25) is 9.59 Å². The maximum absolute atomic E-state index is 12.5. The summed E-state index contributed by atoms with van der Waals surface area (Å²) in [6, 6.07) is 7.91. The first-order valence-electron chi connectivity index (χ1n) is 13.9. The van der Waals surface area contributed by atoms with Gasteiger partial charge in [-0.2, -0.15) is 11.8 Å². The number of hydrogen-bond acceptors (Lipinski definition) is 8. The maximum Gasteiger partial charge on any atom is 0.305 e. The zero-order chi connectivity index (χ0) is 27.6. The summed E-state index contributed by atoms with van der Waals surface area (Å²) in [4.78, 5) is 24.3. The number of thioether (sulfide) groups is 1. The highest BCUT2D eigenvalue weighted by atomic mass is 32.2. The van der Waals surface area contributed by atoms with Crippen LogP contribution in [0.5, 0.6) is 0 Å². The zero-order valence-electron chi connectivity index (χ0n) is 23.0. The minimum absolute atomic E-state index is 0.0803. The van der Waals surface area contributed by atoms with Crippen LogP contribution in [0.4, 0.5) is 0 Å². The molecule has 0 spiro atoms. The molecule has 8 heteroatoms. The Balaban J connectivity index is 1.64. The van der Waals surface area contributed by atoms with Crippen molar-refractivity contribution in [2.24, 2.45) is 11.8 Å². The number of methoxy groups -OCH3 is 1. The molecule has 0 amide bonds. The van der Waals surface area contributed by atoms with Gasteiger partial charge in [-0.1, -0.05) is 49.8 Å². The van der Waals surface area contributed by atoms with Crippen molar-refractivity contribution < 1.29 is 34.0 Å². The Kier molecular flexibility index (Phi) is 16.6. The van der Waals surface area contributed by atoms with Gasteiger partial charge < -0.3 is 24.4 Å². The number of ketones is 1. The van der Waals surface area contributed by atoms with E-state index in [0.29, 0.717) is 39.1 Å². The van der Waals surface area contributed by atoms with E-state index in [1.54, 1.807) is 24.9 Å². The predicted molar refractivity (Wildman–Crippen MR) is 151 cm³/mol. The lowest BCUT2D eigenvalue weighted by atomic mass is 9.91. The van der Waals surface area contributed by atoms with Gasteiger partial charge in [0.15, 0.2) is 0 Å². The van der Waals surface area contributed by atoms with Crippen LogP contribution in [-0.4, -0.2) is 72.6 Å². The molecule has 7 nitrogen and oxygen atoms in total. The summed E-state index contributed by atoms with van der Waals surface area (Å²) < 4.78 is 15.9. The summed E-state index contributed by atoms with van der Waals surface area (Å²) in [5.74, 6) is 0.986. The minimum Gasteiger partial charge on any atom is -0.466 e. The Hall–Kier alpha value is -1.71. The van der Waals surface area contributed by atoms with E-state index in [1.807, 2.05) is 30.3 Å². The molecule has 0 aliphatic heterocycles. The fourth-order valence-corrected chi connectivity index (χ4v) is 5.54. The summed E-state index contributed by atoms with van der Waals surface area (Å²) in [6.07, 6.45) is 7.43. The zero-order valence-corrected chi connectivity index (χ0v) is 23.8. The Bertz CT molecular complexity index is 844. The number of esters is 1. The molecular weight excluding hydrogens is 504 g/mol. The van der Waals surface area contributed by atoms with Crippen molar-refractivity contribution in [1.29, 1.82) is 0 Å². The maximum atomic E-state index is 12.5. The van der Waals surface area contributed by atoms with Gasteiger partial charge in [0, 0.05) is 57.8 Å². The first-order chi connectivity index (χ1) is 18.4. The Morgan fingerprint density at radius 2 is 1.95 bits per heavy atom. The quantitative estimate of drug-likeness (QED) is 0.139. The number of Topliss-reactive ketones (excluding diaryl/α,β-unsaturated/α-hetero) is 1. The van der Waals surface area contributed by atoms with Gasteiger partial charge in [-0.25, -0.2) is 0 Å². The van der Waals surface area contributed by atoms with Gasteiger partial charge in [0.2, 0.25) is 0 Å². The highest BCUT2D eigenvalue weighted by Gasteiger charge is 2.39. The second-order valence-electron chi connectivity index (χ2n) is 9.88. The number of carbonyl (C=O) groups excluding carboxylic acids is 2. The standard InChI is InChI=1S/C30H46O7S/c1-3-4-14-36-15-7-16-37-30(34)10-6-17-38-18-13-27-26(28(32)21-29(27)33)12-11-25(31)20-23-8-5-9-24(19-23)22-35-2/h5,8-9,11-12,19,25-28,31-32H,3-4,6-7,10,13-18,20-22H2,1-2H3. The van der Waals surface area contributed by atoms with Gasteiger partial charge >= 0.3 is 5.97 Å². The van der Waals surface area contributed by atoms with Crippen LogP contribution in [0.2, 0.25) is 0 Å². The van der Waals surface area contributed by atoms with Crippen LogP contribution < -0.4 is 0 Å². The van der Waals surface area contributed by atoms with Crippen molar-refractivity contribution in [3.05, 3.63) is 47.5 Å². The van der Waals surface area contributed by atoms with Crippen LogP contribution in [0.25, 0.3) is 0 Å². The molecular formula is C30H46O7S. The van der Waals surface area contributed by atoms with Crippen molar-refractivity contribution in [2.75, 3.05) is 38.4 Å². The van der Waals surface area contributed by atoms with Crippen LogP contribution in [-0.2, 0) is 36.8 Å². The summed E-state index contributed by atoms with van der Waals surface area (Å²) in [6.45, 7) is 4.42. The molecule has 1 fully saturated rings. The average Bonchev–Trinajstić information content (AvgIpc) is 3.16. The van der Waals surface area contributed by atoms with Crippen molar-refractivity contribution in [3.63, 3.8) is 0 Å². The fraction of sp³-hybridized carbons (Fsp3) is 0.667. The summed E-state index contributed by atoms with van der Waals surface area (Å²) >= 11 is 1.71. The lowest BCUT2D eigenvalue weighted by Crippen LogP contribution is -2.20. The van der Waals surface area contributed by atoms with Crippen LogP contribution in [0.15, 0.2) is 36.4 Å². The third-order valence-corrected chi connectivity index (χ3v) is 7.72. The third kappa shape index (κ3) is 12.9. The lowest BCUT2D eigenvalue weighted by molar-refractivity contribution is -0.144. The molecule has 1 aliphatic rings. The number of hydrogen-bond donors (Lipinski definition) is 2. The number of carbonyl (C=O) groups is 2. The molecule has 2 N–H and O–H groups in total. The molecule has 1 aromatic rings. The monoisotopic (exact) mass is 550 g/mol. The topological polar surface area (TPSA) is 102 Å². The van der Waals surface area contributed by atoms with E-state index in [1.165, 1.54) is 0 Å². The molecule has 4 unspecified atom stereocenters. The Labute approximate surface area is 232 Å². The van der Waals surface area contributed by atoms with Crippen LogP contribution in [0.3, 0.4) is 0 Å². The normalized spacial score (nSPS) is 20.3. The molecule has 1 saturated carbocycles. The largest absolute Gasteiger partial charge is 0.466 e. The van der Waals surface area contributed by atoms with E-state index in [4.69, 9.17) is 14.2 Å². The number of ether oxygens (including phenoxy) is 3. The predicted octanol–water partition coefficient (Wildman–Crippen LogP) is 4.51. The third-order valence-electron chi connectivity index (χ3n) is 6.62. The molecule has 0 bridgehead atoms.